The number of alkyl halides is 2. The molecule has 0 bridgehead atoms. The van der Waals surface area contributed by atoms with Gasteiger partial charge in [0.25, 0.3) is 5.91 Å². The number of carbonyl (C=O) groups excluding carboxylic acids is 1. The first-order valence-corrected chi connectivity index (χ1v) is 6.33. The molecule has 0 aliphatic carbocycles. The van der Waals surface area contributed by atoms with E-state index >= 15 is 0 Å². The Hall–Kier alpha value is -2.22. The van der Waals surface area contributed by atoms with E-state index in [1.165, 1.54) is 29.1 Å². The van der Waals surface area contributed by atoms with Gasteiger partial charge in [0.05, 0.1) is 11.2 Å². The van der Waals surface area contributed by atoms with E-state index in [2.05, 4.69) is 20.4 Å². The highest BCUT2D eigenvalue weighted by Crippen LogP contribution is 2.29. The molecule has 2 aromatic rings. The van der Waals surface area contributed by atoms with Crippen LogP contribution in [0.5, 0.6) is 5.75 Å². The van der Waals surface area contributed by atoms with Crippen LogP contribution in [-0.4, -0.2) is 27.5 Å². The fourth-order valence-corrected chi connectivity index (χ4v) is 1.68. The molecule has 21 heavy (non-hydrogen) atoms. The summed E-state index contributed by atoms with van der Waals surface area (Å²) < 4.78 is 30.2. The second-order valence-corrected chi connectivity index (χ2v) is 4.34. The smallest absolute Gasteiger partial charge is 0.387 e. The number of rotatable bonds is 5. The maximum absolute atomic E-state index is 12.2. The number of anilines is 1. The van der Waals surface area contributed by atoms with Crippen molar-refractivity contribution in [3.63, 3.8) is 0 Å². The molecule has 1 aromatic heterocycles. The molecule has 2 rings (SSSR count). The van der Waals surface area contributed by atoms with E-state index in [0.717, 1.165) is 0 Å². The Balaban J connectivity index is 2.13. The van der Waals surface area contributed by atoms with Crippen LogP contribution in [0.15, 0.2) is 24.4 Å². The van der Waals surface area contributed by atoms with Gasteiger partial charge in [-0.15, -0.1) is 5.10 Å². The number of nitrogens with zero attached hydrogens (tertiary/aromatic N) is 3. The lowest BCUT2D eigenvalue weighted by atomic mass is 10.3. The molecule has 0 atom stereocenters. The van der Waals surface area contributed by atoms with Crippen molar-refractivity contribution in [1.29, 1.82) is 0 Å². The molecule has 1 aromatic carbocycles. The Morgan fingerprint density at radius 3 is 2.90 bits per heavy atom. The van der Waals surface area contributed by atoms with E-state index in [9.17, 15) is 13.6 Å². The van der Waals surface area contributed by atoms with Crippen molar-refractivity contribution in [3.8, 4) is 5.75 Å². The number of aryl methyl sites for hydroxylation is 1. The Labute approximate surface area is 123 Å². The van der Waals surface area contributed by atoms with Crippen LogP contribution in [-0.2, 0) is 6.54 Å². The predicted octanol–water partition coefficient (Wildman–Crippen LogP) is 2.81. The van der Waals surface area contributed by atoms with Gasteiger partial charge < -0.3 is 10.1 Å². The number of halogens is 3. The number of aromatic nitrogens is 3. The zero-order valence-electron chi connectivity index (χ0n) is 10.9. The maximum Gasteiger partial charge on any atom is 0.387 e. The van der Waals surface area contributed by atoms with Crippen LogP contribution in [0.1, 0.15) is 17.4 Å². The maximum atomic E-state index is 12.2. The van der Waals surface area contributed by atoms with Crippen molar-refractivity contribution >= 4 is 23.2 Å². The van der Waals surface area contributed by atoms with Gasteiger partial charge in [-0.1, -0.05) is 16.8 Å². The Bertz CT molecular complexity index is 648. The number of amides is 1. The minimum absolute atomic E-state index is 0.0187. The van der Waals surface area contributed by atoms with Crippen LogP contribution >= 0.6 is 11.6 Å². The summed E-state index contributed by atoms with van der Waals surface area (Å²) in [7, 11) is 0. The monoisotopic (exact) mass is 316 g/mol. The fourth-order valence-electron chi connectivity index (χ4n) is 1.52. The van der Waals surface area contributed by atoms with Gasteiger partial charge in [0.15, 0.2) is 5.69 Å². The van der Waals surface area contributed by atoms with Gasteiger partial charge >= 0.3 is 6.61 Å². The molecular formula is C12H11ClF2N4O2. The van der Waals surface area contributed by atoms with Gasteiger partial charge in [0.1, 0.15) is 5.75 Å². The molecule has 0 spiro atoms. The highest BCUT2D eigenvalue weighted by atomic mass is 35.5. The largest absolute Gasteiger partial charge is 0.433 e. The summed E-state index contributed by atoms with van der Waals surface area (Å²) in [6.07, 6.45) is 1.47. The number of nitrogens with one attached hydrogen (secondary N) is 1. The van der Waals surface area contributed by atoms with E-state index in [4.69, 9.17) is 11.6 Å². The number of hydrogen-bond donors (Lipinski definition) is 1. The molecule has 6 nitrogen and oxygen atoms in total. The van der Waals surface area contributed by atoms with E-state index in [1.54, 1.807) is 0 Å². The van der Waals surface area contributed by atoms with Crippen molar-refractivity contribution in [2.45, 2.75) is 20.1 Å². The first-order chi connectivity index (χ1) is 9.99. The molecule has 1 heterocycles. The lowest BCUT2D eigenvalue weighted by molar-refractivity contribution is -0.0497. The Morgan fingerprint density at radius 1 is 1.52 bits per heavy atom. The molecule has 1 amide bonds. The molecule has 0 saturated carbocycles. The second-order valence-electron chi connectivity index (χ2n) is 3.94. The van der Waals surface area contributed by atoms with Crippen LogP contribution in [0.3, 0.4) is 0 Å². The highest BCUT2D eigenvalue weighted by molar-refractivity contribution is 6.32. The van der Waals surface area contributed by atoms with Gasteiger partial charge in [-0.25, -0.2) is 0 Å². The quantitative estimate of drug-likeness (QED) is 0.921. The molecule has 1 N–H and O–H groups in total. The summed E-state index contributed by atoms with van der Waals surface area (Å²) in [5.41, 5.74) is 0.370. The average molecular weight is 317 g/mol. The summed E-state index contributed by atoms with van der Waals surface area (Å²) in [4.78, 5) is 11.9. The van der Waals surface area contributed by atoms with Crippen molar-refractivity contribution in [2.24, 2.45) is 0 Å². The topological polar surface area (TPSA) is 69.0 Å². The van der Waals surface area contributed by atoms with Crippen molar-refractivity contribution < 1.29 is 18.3 Å². The van der Waals surface area contributed by atoms with Crippen LogP contribution in [0.2, 0.25) is 5.02 Å². The van der Waals surface area contributed by atoms with Crippen molar-refractivity contribution in [3.05, 3.63) is 35.1 Å². The molecular weight excluding hydrogens is 306 g/mol. The Morgan fingerprint density at radius 2 is 2.29 bits per heavy atom. The van der Waals surface area contributed by atoms with E-state index in [0.29, 0.717) is 6.54 Å². The summed E-state index contributed by atoms with van der Waals surface area (Å²) in [5, 5.41) is 9.94. The number of carbonyl (C=O) groups is 1. The first kappa shape index (κ1) is 15.2. The predicted molar refractivity (Wildman–Crippen MR) is 71.7 cm³/mol. The standard InChI is InChI=1S/C12H11ClF2N4O2/c1-2-19-6-9(17-18-19)11(20)16-7-3-4-8(13)10(5-7)21-12(14)15/h3-6,12H,2H2,1H3,(H,16,20). The summed E-state index contributed by atoms with van der Waals surface area (Å²) in [5.74, 6) is -0.735. The van der Waals surface area contributed by atoms with Crippen LogP contribution < -0.4 is 10.1 Å². The van der Waals surface area contributed by atoms with Gasteiger partial charge in [0.2, 0.25) is 0 Å². The van der Waals surface area contributed by atoms with E-state index in [1.807, 2.05) is 6.92 Å². The number of benzene rings is 1. The van der Waals surface area contributed by atoms with Gasteiger partial charge in [0, 0.05) is 18.3 Å². The Kier molecular flexibility index (Phi) is 4.69. The first-order valence-electron chi connectivity index (χ1n) is 5.95. The van der Waals surface area contributed by atoms with Gasteiger partial charge in [-0.3, -0.25) is 9.48 Å². The van der Waals surface area contributed by atoms with Crippen LogP contribution in [0.4, 0.5) is 14.5 Å². The molecule has 0 fully saturated rings. The minimum atomic E-state index is -3.00. The number of hydrogen-bond acceptors (Lipinski definition) is 4. The third-order valence-corrected chi connectivity index (χ3v) is 2.81. The minimum Gasteiger partial charge on any atom is -0.433 e. The third-order valence-electron chi connectivity index (χ3n) is 2.50. The normalized spacial score (nSPS) is 10.7. The highest BCUT2D eigenvalue weighted by Gasteiger charge is 2.13. The zero-order chi connectivity index (χ0) is 15.4. The molecule has 112 valence electrons. The van der Waals surface area contributed by atoms with Crippen molar-refractivity contribution in [2.75, 3.05) is 5.32 Å². The molecule has 0 unspecified atom stereocenters. The zero-order valence-corrected chi connectivity index (χ0v) is 11.6. The molecule has 0 radical (unpaired) electrons. The summed E-state index contributed by atoms with van der Waals surface area (Å²) >= 11 is 5.72. The van der Waals surface area contributed by atoms with Crippen LogP contribution in [0.25, 0.3) is 0 Å². The van der Waals surface area contributed by atoms with Crippen LogP contribution in [0, 0.1) is 0 Å². The van der Waals surface area contributed by atoms with E-state index < -0.39 is 12.5 Å². The fraction of sp³-hybridized carbons (Fsp3) is 0.250. The van der Waals surface area contributed by atoms with Gasteiger partial charge in [-0.2, -0.15) is 8.78 Å². The summed E-state index contributed by atoms with van der Waals surface area (Å²) in [6, 6.07) is 4.01. The summed E-state index contributed by atoms with van der Waals surface area (Å²) in [6.45, 7) is -0.574. The number of ether oxygens (including phenoxy) is 1. The van der Waals surface area contributed by atoms with E-state index in [-0.39, 0.29) is 22.2 Å². The average Bonchev–Trinajstić information content (AvgIpc) is 2.91. The molecule has 0 aliphatic rings. The lowest BCUT2D eigenvalue weighted by Gasteiger charge is -2.09. The second kappa shape index (κ2) is 6.49. The molecule has 0 saturated heterocycles. The van der Waals surface area contributed by atoms with Crippen molar-refractivity contribution in [1.82, 2.24) is 15.0 Å². The van der Waals surface area contributed by atoms with Gasteiger partial charge in [-0.05, 0) is 19.1 Å². The molecule has 0 aliphatic heterocycles. The lowest BCUT2D eigenvalue weighted by Crippen LogP contribution is -2.12. The molecule has 9 heteroatoms. The third kappa shape index (κ3) is 3.88. The SMILES string of the molecule is CCn1cc(C(=O)Nc2ccc(Cl)c(OC(F)F)c2)nn1.